The van der Waals surface area contributed by atoms with Crippen molar-refractivity contribution in [2.75, 3.05) is 5.88 Å². The summed E-state index contributed by atoms with van der Waals surface area (Å²) < 4.78 is 0. The van der Waals surface area contributed by atoms with Gasteiger partial charge in [-0.3, -0.25) is 4.79 Å². The standard InChI is InChI=1S/C12H15ClO/c1-7-5-11(12(14)6-13)10(4)9(3)8(7)2/h5H,6H2,1-4H3. The highest BCUT2D eigenvalue weighted by atomic mass is 35.5. The topological polar surface area (TPSA) is 17.1 Å². The van der Waals surface area contributed by atoms with Gasteiger partial charge in [0.2, 0.25) is 0 Å². The lowest BCUT2D eigenvalue weighted by Crippen LogP contribution is -2.06. The van der Waals surface area contributed by atoms with E-state index in [2.05, 4.69) is 6.92 Å². The Hall–Kier alpha value is -0.820. The van der Waals surface area contributed by atoms with Crippen molar-refractivity contribution in [2.45, 2.75) is 27.7 Å². The van der Waals surface area contributed by atoms with Crippen molar-refractivity contribution in [1.82, 2.24) is 0 Å². The van der Waals surface area contributed by atoms with Crippen LogP contribution in [0.1, 0.15) is 32.6 Å². The Morgan fingerprint density at radius 1 is 1.14 bits per heavy atom. The Morgan fingerprint density at radius 3 is 2.21 bits per heavy atom. The summed E-state index contributed by atoms with van der Waals surface area (Å²) in [5.74, 6) is 0.0679. The van der Waals surface area contributed by atoms with Crippen LogP contribution in [-0.2, 0) is 0 Å². The van der Waals surface area contributed by atoms with Crippen molar-refractivity contribution in [3.8, 4) is 0 Å². The van der Waals surface area contributed by atoms with E-state index in [1.807, 2.05) is 26.8 Å². The molecule has 0 aliphatic rings. The van der Waals surface area contributed by atoms with E-state index >= 15 is 0 Å². The summed E-state index contributed by atoms with van der Waals surface area (Å²) in [6.45, 7) is 8.11. The molecule has 0 spiro atoms. The molecule has 1 nitrogen and oxygen atoms in total. The highest BCUT2D eigenvalue weighted by Gasteiger charge is 2.12. The normalized spacial score (nSPS) is 10.4. The molecular formula is C12H15ClO. The largest absolute Gasteiger partial charge is 0.293 e. The molecule has 2 heteroatoms. The van der Waals surface area contributed by atoms with Crippen molar-refractivity contribution < 1.29 is 4.79 Å². The van der Waals surface area contributed by atoms with Gasteiger partial charge in [-0.2, -0.15) is 0 Å². The van der Waals surface area contributed by atoms with Crippen LogP contribution < -0.4 is 0 Å². The number of hydrogen-bond donors (Lipinski definition) is 0. The number of Topliss-reactive ketones (excluding diaryl/α,β-unsaturated/α-hetero) is 1. The average molecular weight is 211 g/mol. The zero-order chi connectivity index (χ0) is 10.9. The molecule has 0 saturated heterocycles. The molecule has 0 atom stereocenters. The second-order valence-electron chi connectivity index (χ2n) is 3.67. The second kappa shape index (κ2) is 4.14. The number of aryl methyl sites for hydroxylation is 1. The van der Waals surface area contributed by atoms with Gasteiger partial charge >= 0.3 is 0 Å². The van der Waals surface area contributed by atoms with E-state index in [4.69, 9.17) is 11.6 Å². The molecule has 0 aliphatic heterocycles. The zero-order valence-corrected chi connectivity index (χ0v) is 9.83. The first-order valence-electron chi connectivity index (χ1n) is 4.65. The number of carbonyl (C=O) groups excluding carboxylic acids is 1. The summed E-state index contributed by atoms with van der Waals surface area (Å²) in [7, 11) is 0. The van der Waals surface area contributed by atoms with Crippen LogP contribution in [0.2, 0.25) is 0 Å². The van der Waals surface area contributed by atoms with Gasteiger partial charge in [0.25, 0.3) is 0 Å². The van der Waals surface area contributed by atoms with E-state index in [1.165, 1.54) is 11.1 Å². The first-order chi connectivity index (χ1) is 6.49. The van der Waals surface area contributed by atoms with Gasteiger partial charge in [-0.25, -0.2) is 0 Å². The van der Waals surface area contributed by atoms with Crippen molar-refractivity contribution in [2.24, 2.45) is 0 Å². The van der Waals surface area contributed by atoms with Gasteiger partial charge in [0.05, 0.1) is 5.88 Å². The van der Waals surface area contributed by atoms with Gasteiger partial charge < -0.3 is 0 Å². The predicted octanol–water partition coefficient (Wildman–Crippen LogP) is 3.34. The molecule has 0 heterocycles. The summed E-state index contributed by atoms with van der Waals surface area (Å²) in [5, 5.41) is 0. The van der Waals surface area contributed by atoms with Crippen LogP contribution >= 0.6 is 11.6 Å². The number of rotatable bonds is 2. The van der Waals surface area contributed by atoms with Gasteiger partial charge in [-0.05, 0) is 56.0 Å². The SMILES string of the molecule is Cc1cc(C(=O)CCl)c(C)c(C)c1C. The Kier molecular flexibility index (Phi) is 3.33. The summed E-state index contributed by atoms with van der Waals surface area (Å²) in [5.41, 5.74) is 5.42. The minimum atomic E-state index is 0.00960. The lowest BCUT2D eigenvalue weighted by atomic mass is 9.93. The highest BCUT2D eigenvalue weighted by Crippen LogP contribution is 2.21. The Bertz CT molecular complexity index is 380. The fraction of sp³-hybridized carbons (Fsp3) is 0.417. The van der Waals surface area contributed by atoms with Crippen LogP contribution in [0.5, 0.6) is 0 Å². The maximum atomic E-state index is 11.5. The van der Waals surface area contributed by atoms with Crippen LogP contribution in [0.25, 0.3) is 0 Å². The van der Waals surface area contributed by atoms with Crippen molar-refractivity contribution >= 4 is 17.4 Å². The summed E-state index contributed by atoms with van der Waals surface area (Å²) in [4.78, 5) is 11.5. The van der Waals surface area contributed by atoms with Crippen molar-refractivity contribution in [3.05, 3.63) is 33.9 Å². The van der Waals surface area contributed by atoms with Gasteiger partial charge in [0, 0.05) is 5.56 Å². The third kappa shape index (κ3) is 1.83. The number of halogens is 1. The molecule has 76 valence electrons. The van der Waals surface area contributed by atoms with Crippen LogP contribution in [-0.4, -0.2) is 11.7 Å². The number of ketones is 1. The van der Waals surface area contributed by atoms with Crippen LogP contribution in [0.15, 0.2) is 6.07 Å². The third-order valence-corrected chi connectivity index (χ3v) is 3.15. The van der Waals surface area contributed by atoms with E-state index in [9.17, 15) is 4.79 Å². The summed E-state index contributed by atoms with van der Waals surface area (Å²) >= 11 is 5.55. The molecular weight excluding hydrogens is 196 g/mol. The van der Waals surface area contributed by atoms with Crippen LogP contribution in [0, 0.1) is 27.7 Å². The fourth-order valence-electron chi connectivity index (χ4n) is 1.57. The molecule has 0 fully saturated rings. The highest BCUT2D eigenvalue weighted by molar-refractivity contribution is 6.30. The number of benzene rings is 1. The smallest absolute Gasteiger partial charge is 0.177 e. The molecule has 0 radical (unpaired) electrons. The van der Waals surface area contributed by atoms with Gasteiger partial charge in [-0.1, -0.05) is 0 Å². The van der Waals surface area contributed by atoms with E-state index in [1.54, 1.807) is 0 Å². The quantitative estimate of drug-likeness (QED) is 0.541. The van der Waals surface area contributed by atoms with Gasteiger partial charge in [0.1, 0.15) is 0 Å². The maximum Gasteiger partial charge on any atom is 0.177 e. The Balaban J connectivity index is 3.40. The predicted molar refractivity (Wildman–Crippen MR) is 60.4 cm³/mol. The monoisotopic (exact) mass is 210 g/mol. The number of carbonyl (C=O) groups is 1. The molecule has 0 N–H and O–H groups in total. The van der Waals surface area contributed by atoms with Gasteiger partial charge in [-0.15, -0.1) is 11.6 Å². The molecule has 0 aliphatic carbocycles. The molecule has 1 rings (SSSR count). The molecule has 1 aromatic rings. The summed E-state index contributed by atoms with van der Waals surface area (Å²) in [6, 6.07) is 1.93. The molecule has 0 unspecified atom stereocenters. The second-order valence-corrected chi connectivity index (χ2v) is 3.94. The number of alkyl halides is 1. The lowest BCUT2D eigenvalue weighted by molar-refractivity contribution is 0.102. The van der Waals surface area contributed by atoms with Crippen LogP contribution in [0.3, 0.4) is 0 Å². The molecule has 0 bridgehead atoms. The lowest BCUT2D eigenvalue weighted by Gasteiger charge is -2.12. The van der Waals surface area contributed by atoms with E-state index in [0.29, 0.717) is 0 Å². The van der Waals surface area contributed by atoms with Crippen LogP contribution in [0.4, 0.5) is 0 Å². The fourth-order valence-corrected chi connectivity index (χ4v) is 1.72. The molecule has 0 amide bonds. The minimum Gasteiger partial charge on any atom is -0.293 e. The van der Waals surface area contributed by atoms with E-state index in [-0.39, 0.29) is 11.7 Å². The first-order valence-corrected chi connectivity index (χ1v) is 5.19. The molecule has 1 aromatic carbocycles. The minimum absolute atomic E-state index is 0.00960. The first kappa shape index (κ1) is 11.3. The zero-order valence-electron chi connectivity index (χ0n) is 9.07. The van der Waals surface area contributed by atoms with Gasteiger partial charge in [0.15, 0.2) is 5.78 Å². The van der Waals surface area contributed by atoms with Crippen molar-refractivity contribution in [3.63, 3.8) is 0 Å². The maximum absolute atomic E-state index is 11.5. The summed E-state index contributed by atoms with van der Waals surface area (Å²) in [6.07, 6.45) is 0. The van der Waals surface area contributed by atoms with E-state index in [0.717, 1.165) is 16.7 Å². The van der Waals surface area contributed by atoms with Crippen molar-refractivity contribution in [1.29, 1.82) is 0 Å². The Morgan fingerprint density at radius 2 is 1.71 bits per heavy atom. The van der Waals surface area contributed by atoms with E-state index < -0.39 is 0 Å². The number of hydrogen-bond acceptors (Lipinski definition) is 1. The Labute approximate surface area is 90.1 Å². The molecule has 14 heavy (non-hydrogen) atoms. The molecule has 0 saturated carbocycles. The average Bonchev–Trinajstić information content (AvgIpc) is 2.19. The molecule has 0 aromatic heterocycles. The third-order valence-electron chi connectivity index (χ3n) is 2.90.